The summed E-state index contributed by atoms with van der Waals surface area (Å²) < 4.78 is 5.88. The summed E-state index contributed by atoms with van der Waals surface area (Å²) in [6.45, 7) is 3.27. The average molecular weight is 713 g/mol. The molecular formula is C42H68N2O7. The second-order valence-corrected chi connectivity index (χ2v) is 12.6. The predicted octanol–water partition coefficient (Wildman–Crippen LogP) is 8.76. The molecule has 0 rings (SSSR count). The van der Waals surface area contributed by atoms with Gasteiger partial charge in [0.1, 0.15) is 12.1 Å². The Bertz CT molecular complexity index is 1090. The van der Waals surface area contributed by atoms with E-state index in [1.54, 1.807) is 0 Å². The molecule has 0 radical (unpaired) electrons. The Morgan fingerprint density at radius 2 is 1.10 bits per heavy atom. The molecule has 2 amide bonds. The molecular weight excluding hydrogens is 644 g/mol. The predicted molar refractivity (Wildman–Crippen MR) is 208 cm³/mol. The number of hydrogen-bond donors (Lipinski definition) is 4. The number of aliphatic hydroxyl groups is 1. The van der Waals surface area contributed by atoms with Crippen LogP contribution >= 0.6 is 0 Å². The van der Waals surface area contributed by atoms with E-state index in [9.17, 15) is 19.2 Å². The minimum atomic E-state index is -1.39. The molecule has 0 aromatic heterocycles. The maximum atomic E-state index is 12.6. The van der Waals surface area contributed by atoms with Gasteiger partial charge >= 0.3 is 11.9 Å². The van der Waals surface area contributed by atoms with Gasteiger partial charge in [0.15, 0.2) is 0 Å². The lowest BCUT2D eigenvalue weighted by Gasteiger charge is -2.18. The minimum absolute atomic E-state index is 0.0836. The van der Waals surface area contributed by atoms with Crippen LogP contribution in [0.5, 0.6) is 0 Å². The molecule has 2 unspecified atom stereocenters. The molecule has 0 aromatic rings. The Hall–Kier alpha value is -3.72. The number of carbonyl (C=O) groups excluding carboxylic acids is 3. The Kier molecular flexibility index (Phi) is 33.5. The molecule has 0 aliphatic heterocycles. The fourth-order valence-corrected chi connectivity index (χ4v) is 5.03. The number of esters is 1. The zero-order valence-corrected chi connectivity index (χ0v) is 31.6. The number of nitrogens with one attached hydrogen (secondary N) is 2. The molecule has 51 heavy (non-hydrogen) atoms. The van der Waals surface area contributed by atoms with Gasteiger partial charge in [-0.05, 0) is 77.0 Å². The highest BCUT2D eigenvalue weighted by molar-refractivity contribution is 5.87. The van der Waals surface area contributed by atoms with Crippen LogP contribution in [-0.4, -0.2) is 59.3 Å². The summed E-state index contributed by atoms with van der Waals surface area (Å²) in [6.07, 6.45) is 43.8. The summed E-state index contributed by atoms with van der Waals surface area (Å²) in [5.41, 5.74) is 0. The first-order valence-corrected chi connectivity index (χ1v) is 19.3. The molecule has 0 spiro atoms. The molecule has 0 heterocycles. The first-order chi connectivity index (χ1) is 24.8. The third-order valence-corrected chi connectivity index (χ3v) is 7.98. The summed E-state index contributed by atoms with van der Waals surface area (Å²) in [4.78, 5) is 47.3. The summed E-state index contributed by atoms with van der Waals surface area (Å²) in [5, 5.41) is 22.5. The fourth-order valence-electron chi connectivity index (χ4n) is 5.03. The number of carbonyl (C=O) groups is 4. The van der Waals surface area contributed by atoms with Gasteiger partial charge in [0.05, 0.1) is 13.2 Å². The maximum absolute atomic E-state index is 12.6. The summed E-state index contributed by atoms with van der Waals surface area (Å²) in [7, 11) is 0. The molecule has 0 saturated heterocycles. The third kappa shape index (κ3) is 33.2. The molecule has 0 aliphatic rings. The van der Waals surface area contributed by atoms with Crippen molar-refractivity contribution < 1.29 is 34.1 Å². The normalized spacial score (nSPS) is 13.3. The van der Waals surface area contributed by atoms with Crippen LogP contribution in [0.3, 0.4) is 0 Å². The van der Waals surface area contributed by atoms with Gasteiger partial charge in [0.25, 0.3) is 0 Å². The standard InChI is InChI=1S/C42H68N2O7/c1-3-5-7-9-10-11-12-13-14-15-16-17-18-19-20-21-22-24-30-34-41(48)51-37(31-27-23-8-6-4-2)32-28-25-26-29-33-39(46)43-35-40(47)44-38(36-45)42(49)50/h5,7,10-11,13-14,16-17,19-20,22,24,37-38,45H,3-4,6,8-9,12,15,18,21,23,25-36H2,1-2H3,(H,43,46)(H,44,47)(H,49,50)/b7-5-,11-10-,14-13-,17-16-,20-19-,24-22-. The van der Waals surface area contributed by atoms with Crippen molar-refractivity contribution in [3.05, 3.63) is 72.9 Å². The number of carboxylic acid groups (broad SMARTS) is 1. The topological polar surface area (TPSA) is 142 Å². The molecule has 0 fully saturated rings. The molecule has 288 valence electrons. The minimum Gasteiger partial charge on any atom is -0.480 e. The van der Waals surface area contributed by atoms with Crippen LogP contribution < -0.4 is 10.6 Å². The van der Waals surface area contributed by atoms with E-state index < -0.39 is 24.5 Å². The molecule has 0 aliphatic carbocycles. The number of allylic oxidation sites excluding steroid dienone is 12. The van der Waals surface area contributed by atoms with E-state index in [1.807, 2.05) is 6.08 Å². The SMILES string of the molecule is CC/C=C\C/C=C\C/C=C\C/C=C\C/C=C\C/C=C\CCC(=O)OC(CCCCCCC)CCCCCCC(=O)NCC(=O)NC(CO)C(=O)O. The van der Waals surface area contributed by atoms with Crippen LogP contribution in [0.4, 0.5) is 0 Å². The van der Waals surface area contributed by atoms with Crippen molar-refractivity contribution in [2.24, 2.45) is 0 Å². The Balaban J connectivity index is 4.24. The van der Waals surface area contributed by atoms with Crippen LogP contribution in [0, 0.1) is 0 Å². The number of ether oxygens (including phenoxy) is 1. The molecule has 9 heteroatoms. The molecule has 4 N–H and O–H groups in total. The fraction of sp³-hybridized carbons (Fsp3) is 0.619. The first-order valence-electron chi connectivity index (χ1n) is 19.3. The monoisotopic (exact) mass is 713 g/mol. The maximum Gasteiger partial charge on any atom is 0.328 e. The van der Waals surface area contributed by atoms with E-state index in [2.05, 4.69) is 91.3 Å². The Morgan fingerprint density at radius 3 is 1.59 bits per heavy atom. The van der Waals surface area contributed by atoms with Crippen molar-refractivity contribution in [1.82, 2.24) is 10.6 Å². The number of amides is 2. The molecule has 0 saturated carbocycles. The van der Waals surface area contributed by atoms with Crippen LogP contribution in [0.1, 0.15) is 142 Å². The summed E-state index contributed by atoms with van der Waals surface area (Å²) in [6, 6.07) is -1.39. The van der Waals surface area contributed by atoms with E-state index in [0.29, 0.717) is 19.3 Å². The van der Waals surface area contributed by atoms with Crippen molar-refractivity contribution >= 4 is 23.8 Å². The van der Waals surface area contributed by atoms with Gasteiger partial charge < -0.3 is 25.6 Å². The largest absolute Gasteiger partial charge is 0.480 e. The lowest BCUT2D eigenvalue weighted by Crippen LogP contribution is -2.47. The van der Waals surface area contributed by atoms with Gasteiger partial charge in [-0.15, -0.1) is 0 Å². The van der Waals surface area contributed by atoms with Crippen molar-refractivity contribution in [1.29, 1.82) is 0 Å². The van der Waals surface area contributed by atoms with Gasteiger partial charge in [-0.2, -0.15) is 0 Å². The summed E-state index contributed by atoms with van der Waals surface area (Å²) in [5.74, 6) is -2.45. The van der Waals surface area contributed by atoms with Gasteiger partial charge in [-0.1, -0.05) is 125 Å². The van der Waals surface area contributed by atoms with Crippen molar-refractivity contribution in [3.63, 3.8) is 0 Å². The Labute approximate surface area is 308 Å². The zero-order chi connectivity index (χ0) is 37.6. The van der Waals surface area contributed by atoms with Crippen molar-refractivity contribution in [2.45, 2.75) is 154 Å². The van der Waals surface area contributed by atoms with E-state index in [1.165, 1.54) is 19.3 Å². The van der Waals surface area contributed by atoms with Crippen LogP contribution in [0.25, 0.3) is 0 Å². The Morgan fingerprint density at radius 1 is 0.608 bits per heavy atom. The highest BCUT2D eigenvalue weighted by Crippen LogP contribution is 2.17. The highest BCUT2D eigenvalue weighted by Gasteiger charge is 2.19. The van der Waals surface area contributed by atoms with E-state index >= 15 is 0 Å². The molecule has 0 bridgehead atoms. The second-order valence-electron chi connectivity index (χ2n) is 12.6. The van der Waals surface area contributed by atoms with Gasteiger partial charge in [0.2, 0.25) is 11.8 Å². The lowest BCUT2D eigenvalue weighted by atomic mass is 10.0. The van der Waals surface area contributed by atoms with Gasteiger partial charge in [-0.25, -0.2) is 4.79 Å². The van der Waals surface area contributed by atoms with Crippen LogP contribution in [0.15, 0.2) is 72.9 Å². The van der Waals surface area contributed by atoms with E-state index in [0.717, 1.165) is 83.5 Å². The molecule has 9 nitrogen and oxygen atoms in total. The first kappa shape index (κ1) is 47.3. The van der Waals surface area contributed by atoms with Crippen molar-refractivity contribution in [2.75, 3.05) is 13.2 Å². The average Bonchev–Trinajstić information content (AvgIpc) is 3.11. The number of unbranched alkanes of at least 4 members (excludes halogenated alkanes) is 7. The zero-order valence-electron chi connectivity index (χ0n) is 31.6. The van der Waals surface area contributed by atoms with Gasteiger partial charge in [0, 0.05) is 12.8 Å². The highest BCUT2D eigenvalue weighted by atomic mass is 16.5. The van der Waals surface area contributed by atoms with Gasteiger partial charge in [-0.3, -0.25) is 14.4 Å². The van der Waals surface area contributed by atoms with Crippen molar-refractivity contribution in [3.8, 4) is 0 Å². The third-order valence-electron chi connectivity index (χ3n) is 7.98. The van der Waals surface area contributed by atoms with E-state index in [4.69, 9.17) is 14.9 Å². The second kappa shape index (κ2) is 36.1. The summed E-state index contributed by atoms with van der Waals surface area (Å²) >= 11 is 0. The van der Waals surface area contributed by atoms with E-state index in [-0.39, 0.29) is 30.9 Å². The van der Waals surface area contributed by atoms with Crippen LogP contribution in [0.2, 0.25) is 0 Å². The lowest BCUT2D eigenvalue weighted by molar-refractivity contribution is -0.149. The smallest absolute Gasteiger partial charge is 0.328 e. The number of hydrogen-bond acceptors (Lipinski definition) is 6. The number of carboxylic acids is 1. The quantitative estimate of drug-likeness (QED) is 0.0303. The van der Waals surface area contributed by atoms with Crippen LogP contribution in [-0.2, 0) is 23.9 Å². The number of rotatable bonds is 33. The number of aliphatic carboxylic acids is 1. The molecule has 0 aromatic carbocycles. The molecule has 2 atom stereocenters. The number of aliphatic hydroxyl groups excluding tert-OH is 1.